The highest BCUT2D eigenvalue weighted by Crippen LogP contribution is 2.27. The minimum Gasteiger partial charge on any atom is -0.382 e. The van der Waals surface area contributed by atoms with Crippen LogP contribution in [0.2, 0.25) is 0 Å². The van der Waals surface area contributed by atoms with E-state index in [9.17, 15) is 0 Å². The molecule has 0 aliphatic carbocycles. The summed E-state index contributed by atoms with van der Waals surface area (Å²) in [5.41, 5.74) is 8.68. The van der Waals surface area contributed by atoms with Gasteiger partial charge in [0, 0.05) is 6.54 Å². The van der Waals surface area contributed by atoms with Crippen LogP contribution in [0.25, 0.3) is 21.9 Å². The number of hydrogen-bond acceptors (Lipinski definition) is 5. The van der Waals surface area contributed by atoms with Crippen LogP contribution in [0.15, 0.2) is 47.2 Å². The molecular formula is C20H21BrN6. The number of nitrogen functional groups attached to an aromatic ring is 1. The van der Waals surface area contributed by atoms with Crippen LogP contribution < -0.4 is 11.1 Å². The van der Waals surface area contributed by atoms with Crippen molar-refractivity contribution in [3.05, 3.63) is 52.8 Å². The molecule has 6 nitrogen and oxygen atoms in total. The summed E-state index contributed by atoms with van der Waals surface area (Å²) < 4.78 is 2.72. The van der Waals surface area contributed by atoms with Crippen molar-refractivity contribution in [2.24, 2.45) is 0 Å². The van der Waals surface area contributed by atoms with Crippen molar-refractivity contribution < 1.29 is 0 Å². The van der Waals surface area contributed by atoms with E-state index in [2.05, 4.69) is 85.6 Å². The van der Waals surface area contributed by atoms with Crippen molar-refractivity contribution in [2.45, 2.75) is 26.3 Å². The molecule has 138 valence electrons. The van der Waals surface area contributed by atoms with E-state index in [1.165, 1.54) is 16.3 Å². The fourth-order valence-corrected chi connectivity index (χ4v) is 3.66. The number of nitrogens with zero attached hydrogens (tertiary/aromatic N) is 4. The van der Waals surface area contributed by atoms with Gasteiger partial charge in [0.05, 0.1) is 6.54 Å². The largest absolute Gasteiger partial charge is 0.382 e. The first-order chi connectivity index (χ1) is 13.2. The maximum atomic E-state index is 6.14. The summed E-state index contributed by atoms with van der Waals surface area (Å²) in [5, 5.41) is 5.68. The molecule has 0 atom stereocenters. The third-order valence-corrected chi connectivity index (χ3v) is 5.20. The van der Waals surface area contributed by atoms with Gasteiger partial charge in [-0.15, -0.1) is 0 Å². The Morgan fingerprint density at radius 2 is 1.89 bits per heavy atom. The fraction of sp³-hybridized carbons (Fsp3) is 0.250. The Labute approximate surface area is 166 Å². The van der Waals surface area contributed by atoms with Crippen LogP contribution in [0.5, 0.6) is 0 Å². The average molecular weight is 425 g/mol. The smallest absolute Gasteiger partial charge is 0.226 e. The Bertz CT molecular complexity index is 1100. The van der Waals surface area contributed by atoms with Gasteiger partial charge in [0.25, 0.3) is 0 Å². The summed E-state index contributed by atoms with van der Waals surface area (Å²) in [6, 6.07) is 14.7. The van der Waals surface area contributed by atoms with Crippen LogP contribution in [-0.2, 0) is 6.54 Å². The van der Waals surface area contributed by atoms with E-state index in [1.807, 2.05) is 4.57 Å². The third kappa shape index (κ3) is 3.47. The molecule has 0 bridgehead atoms. The quantitative estimate of drug-likeness (QED) is 0.349. The Morgan fingerprint density at radius 1 is 1.07 bits per heavy atom. The molecule has 0 unspecified atom stereocenters. The van der Waals surface area contributed by atoms with Crippen molar-refractivity contribution in [3.63, 3.8) is 0 Å². The maximum absolute atomic E-state index is 6.14. The van der Waals surface area contributed by atoms with Crippen LogP contribution in [0.4, 0.5) is 11.8 Å². The van der Waals surface area contributed by atoms with Gasteiger partial charge in [-0.25, -0.2) is 4.98 Å². The summed E-state index contributed by atoms with van der Waals surface area (Å²) >= 11 is 3.56. The molecule has 0 radical (unpaired) electrons. The first-order valence-electron chi connectivity index (χ1n) is 9.07. The fourth-order valence-electron chi connectivity index (χ4n) is 3.19. The Balaban J connectivity index is 1.77. The van der Waals surface area contributed by atoms with Gasteiger partial charge in [-0.1, -0.05) is 55.8 Å². The summed E-state index contributed by atoms with van der Waals surface area (Å²) in [7, 11) is 0. The number of hydrogen-bond donors (Lipinski definition) is 2. The molecule has 7 heteroatoms. The zero-order chi connectivity index (χ0) is 18.8. The topological polar surface area (TPSA) is 81.6 Å². The molecular weight excluding hydrogens is 404 g/mol. The zero-order valence-corrected chi connectivity index (χ0v) is 16.7. The predicted molar refractivity (Wildman–Crippen MR) is 114 cm³/mol. The van der Waals surface area contributed by atoms with Gasteiger partial charge in [0.2, 0.25) is 5.95 Å². The highest BCUT2D eigenvalue weighted by Gasteiger charge is 2.16. The Hall–Kier alpha value is -2.67. The molecule has 0 aliphatic rings. The molecule has 4 rings (SSSR count). The van der Waals surface area contributed by atoms with Gasteiger partial charge >= 0.3 is 0 Å². The number of benzene rings is 2. The van der Waals surface area contributed by atoms with Crippen molar-refractivity contribution in [2.75, 3.05) is 17.6 Å². The average Bonchev–Trinajstić information content (AvgIpc) is 2.99. The van der Waals surface area contributed by atoms with E-state index in [-0.39, 0.29) is 0 Å². The minimum atomic E-state index is 0.386. The first kappa shape index (κ1) is 17.7. The lowest BCUT2D eigenvalue weighted by Crippen LogP contribution is -2.09. The number of imidazole rings is 1. The highest BCUT2D eigenvalue weighted by atomic mass is 79.9. The van der Waals surface area contributed by atoms with Crippen LogP contribution >= 0.6 is 15.9 Å². The summed E-state index contributed by atoms with van der Waals surface area (Å²) in [6.07, 6.45) is 2.16. The lowest BCUT2D eigenvalue weighted by Gasteiger charge is -2.10. The number of rotatable bonds is 6. The van der Waals surface area contributed by atoms with Gasteiger partial charge in [0.15, 0.2) is 21.7 Å². The molecule has 0 fully saturated rings. The number of nitrogens with one attached hydrogen (secondary N) is 1. The van der Waals surface area contributed by atoms with E-state index in [4.69, 9.17) is 5.73 Å². The van der Waals surface area contributed by atoms with Crippen LogP contribution in [0.3, 0.4) is 0 Å². The van der Waals surface area contributed by atoms with Crippen LogP contribution in [-0.4, -0.2) is 26.1 Å². The van der Waals surface area contributed by atoms with Crippen LogP contribution in [0, 0.1) is 0 Å². The highest BCUT2D eigenvalue weighted by molar-refractivity contribution is 9.10. The van der Waals surface area contributed by atoms with Crippen LogP contribution in [0.1, 0.15) is 25.3 Å². The molecule has 2 aromatic heterocycles. The van der Waals surface area contributed by atoms with Gasteiger partial charge in [-0.2, -0.15) is 9.97 Å². The van der Waals surface area contributed by atoms with E-state index < -0.39 is 0 Å². The molecule has 27 heavy (non-hydrogen) atoms. The van der Waals surface area contributed by atoms with Gasteiger partial charge in [0.1, 0.15) is 0 Å². The number of anilines is 2. The normalized spacial score (nSPS) is 11.3. The number of fused-ring (bicyclic) bond motifs is 2. The van der Waals surface area contributed by atoms with E-state index >= 15 is 0 Å². The molecule has 0 saturated carbocycles. The number of nitrogens with two attached hydrogens (primary N) is 1. The predicted octanol–water partition coefficient (Wildman–Crippen LogP) is 4.58. The molecule has 0 amide bonds. The Morgan fingerprint density at radius 3 is 2.74 bits per heavy atom. The SMILES string of the molecule is CCCCNc1nc(N)c2nc(Br)n(Cc3cccc4ccccc34)c2n1. The second-order valence-electron chi connectivity index (χ2n) is 6.49. The molecule has 0 spiro atoms. The Kier molecular flexibility index (Phi) is 4.94. The zero-order valence-electron chi connectivity index (χ0n) is 15.1. The standard InChI is InChI=1S/C20H21BrN6/c1-2-3-11-23-20-25-17(22)16-18(26-20)27(19(21)24-16)12-14-9-6-8-13-7-4-5-10-15(13)14/h4-10H,2-3,11-12H2,1H3,(H3,22,23,25,26). The number of aromatic nitrogens is 4. The van der Waals surface area contributed by atoms with Crippen molar-refractivity contribution in [1.82, 2.24) is 19.5 Å². The summed E-state index contributed by atoms with van der Waals surface area (Å²) in [5.74, 6) is 0.927. The van der Waals surface area contributed by atoms with Crippen molar-refractivity contribution in [1.29, 1.82) is 0 Å². The molecule has 2 aromatic carbocycles. The van der Waals surface area contributed by atoms with E-state index in [0.29, 0.717) is 28.6 Å². The minimum absolute atomic E-state index is 0.386. The third-order valence-electron chi connectivity index (χ3n) is 4.60. The van der Waals surface area contributed by atoms with Crippen molar-refractivity contribution >= 4 is 49.6 Å². The second kappa shape index (κ2) is 7.52. The maximum Gasteiger partial charge on any atom is 0.226 e. The van der Waals surface area contributed by atoms with Gasteiger partial charge < -0.3 is 11.1 Å². The molecule has 2 heterocycles. The lowest BCUT2D eigenvalue weighted by atomic mass is 10.0. The molecule has 0 saturated heterocycles. The molecule has 4 aromatic rings. The monoisotopic (exact) mass is 424 g/mol. The summed E-state index contributed by atoms with van der Waals surface area (Å²) in [6.45, 7) is 3.61. The first-order valence-corrected chi connectivity index (χ1v) is 9.86. The van der Waals surface area contributed by atoms with Gasteiger partial charge in [-0.3, -0.25) is 4.57 Å². The second-order valence-corrected chi connectivity index (χ2v) is 7.20. The van der Waals surface area contributed by atoms with E-state index in [0.717, 1.165) is 25.0 Å². The lowest BCUT2D eigenvalue weighted by molar-refractivity contribution is 0.793. The number of halogens is 1. The van der Waals surface area contributed by atoms with Gasteiger partial charge in [-0.05, 0) is 38.7 Å². The summed E-state index contributed by atoms with van der Waals surface area (Å²) in [4.78, 5) is 13.5. The van der Waals surface area contributed by atoms with E-state index in [1.54, 1.807) is 0 Å². The van der Waals surface area contributed by atoms with Crippen molar-refractivity contribution in [3.8, 4) is 0 Å². The molecule has 3 N–H and O–H groups in total. The number of unbranched alkanes of at least 4 members (excludes halogenated alkanes) is 1. The molecule has 0 aliphatic heterocycles.